The van der Waals surface area contributed by atoms with Crippen molar-refractivity contribution in [3.8, 4) is 0 Å². The molecule has 0 saturated heterocycles. The number of pyridine rings is 1. The first-order valence-electron chi connectivity index (χ1n) is 6.10. The van der Waals surface area contributed by atoms with Crippen LogP contribution in [0.1, 0.15) is 17.5 Å². The van der Waals surface area contributed by atoms with Crippen LogP contribution in [-0.4, -0.2) is 10.9 Å². The molecule has 0 bridgehead atoms. The van der Waals surface area contributed by atoms with Gasteiger partial charge in [-0.2, -0.15) is 0 Å². The first-order valence-corrected chi connectivity index (χ1v) is 6.48. The van der Waals surface area contributed by atoms with Gasteiger partial charge >= 0.3 is 0 Å². The molecule has 2 aromatic rings. The summed E-state index contributed by atoms with van der Waals surface area (Å²) in [5, 5.41) is 3.29. The summed E-state index contributed by atoms with van der Waals surface area (Å²) in [6.07, 6.45) is 2.71. The summed E-state index contributed by atoms with van der Waals surface area (Å²) in [5.41, 5.74) is 2.36. The minimum atomic E-state index is -0.0590. The van der Waals surface area contributed by atoms with Crippen LogP contribution in [0.4, 0.5) is 5.82 Å². The monoisotopic (exact) mass is 274 g/mol. The van der Waals surface area contributed by atoms with Crippen molar-refractivity contribution in [2.75, 3.05) is 5.32 Å². The van der Waals surface area contributed by atoms with Crippen LogP contribution in [0.25, 0.3) is 0 Å². The van der Waals surface area contributed by atoms with Crippen molar-refractivity contribution in [2.24, 2.45) is 0 Å². The van der Waals surface area contributed by atoms with Gasteiger partial charge in [-0.15, -0.1) is 0 Å². The van der Waals surface area contributed by atoms with Crippen LogP contribution in [0.15, 0.2) is 42.6 Å². The molecular formula is C15H15ClN2O. The van der Waals surface area contributed by atoms with Gasteiger partial charge in [0.1, 0.15) is 5.82 Å². The molecule has 0 atom stereocenters. The van der Waals surface area contributed by atoms with Crippen molar-refractivity contribution < 1.29 is 4.79 Å². The Bertz CT molecular complexity index is 584. The molecule has 2 rings (SSSR count). The third-order valence-electron chi connectivity index (χ3n) is 2.71. The molecule has 0 aliphatic rings. The van der Waals surface area contributed by atoms with Gasteiger partial charge in [0.25, 0.3) is 0 Å². The van der Waals surface area contributed by atoms with Gasteiger partial charge < -0.3 is 5.32 Å². The number of aryl methyl sites for hydroxylation is 2. The van der Waals surface area contributed by atoms with E-state index in [2.05, 4.69) is 16.4 Å². The fourth-order valence-electron chi connectivity index (χ4n) is 1.80. The van der Waals surface area contributed by atoms with Crippen molar-refractivity contribution in [2.45, 2.75) is 19.8 Å². The molecule has 98 valence electrons. The number of benzene rings is 1. The molecule has 1 amide bonds. The van der Waals surface area contributed by atoms with Gasteiger partial charge in [0.05, 0.1) is 0 Å². The van der Waals surface area contributed by atoms with Crippen LogP contribution >= 0.6 is 11.6 Å². The van der Waals surface area contributed by atoms with Crippen molar-refractivity contribution in [3.63, 3.8) is 0 Å². The Morgan fingerprint density at radius 2 is 2.16 bits per heavy atom. The van der Waals surface area contributed by atoms with Gasteiger partial charge in [-0.25, -0.2) is 4.98 Å². The van der Waals surface area contributed by atoms with Gasteiger partial charge in [0.15, 0.2) is 0 Å². The Labute approximate surface area is 117 Å². The highest BCUT2D eigenvalue weighted by Crippen LogP contribution is 2.12. The number of hydrogen-bond donors (Lipinski definition) is 1. The molecule has 1 N–H and O–H groups in total. The number of amides is 1. The van der Waals surface area contributed by atoms with E-state index in [1.54, 1.807) is 18.3 Å². The third kappa shape index (κ3) is 4.38. The maximum atomic E-state index is 11.8. The van der Waals surface area contributed by atoms with E-state index in [0.717, 1.165) is 5.56 Å². The van der Waals surface area contributed by atoms with Crippen molar-refractivity contribution in [3.05, 3.63) is 58.7 Å². The average molecular weight is 275 g/mol. The van der Waals surface area contributed by atoms with Gasteiger partial charge in [0, 0.05) is 17.6 Å². The smallest absolute Gasteiger partial charge is 0.225 e. The second kappa shape index (κ2) is 6.34. The SMILES string of the molecule is Cc1cccc(CCC(=O)Nc2cc(Cl)ccn2)c1. The zero-order valence-electron chi connectivity index (χ0n) is 10.7. The van der Waals surface area contributed by atoms with Crippen LogP contribution in [0.5, 0.6) is 0 Å². The highest BCUT2D eigenvalue weighted by atomic mass is 35.5. The lowest BCUT2D eigenvalue weighted by atomic mass is 10.1. The summed E-state index contributed by atoms with van der Waals surface area (Å²) in [5.74, 6) is 0.429. The molecule has 19 heavy (non-hydrogen) atoms. The second-order valence-electron chi connectivity index (χ2n) is 4.40. The molecule has 1 aromatic heterocycles. The highest BCUT2D eigenvalue weighted by Gasteiger charge is 2.04. The topological polar surface area (TPSA) is 42.0 Å². The first kappa shape index (κ1) is 13.6. The molecular weight excluding hydrogens is 260 g/mol. The predicted octanol–water partition coefficient (Wildman–Crippen LogP) is 3.61. The minimum Gasteiger partial charge on any atom is -0.311 e. The summed E-state index contributed by atoms with van der Waals surface area (Å²) in [4.78, 5) is 15.8. The van der Waals surface area contributed by atoms with E-state index in [1.165, 1.54) is 5.56 Å². The first-order chi connectivity index (χ1) is 9.13. The molecule has 0 spiro atoms. The fraction of sp³-hybridized carbons (Fsp3) is 0.200. The summed E-state index contributed by atoms with van der Waals surface area (Å²) >= 11 is 5.83. The quantitative estimate of drug-likeness (QED) is 0.925. The van der Waals surface area contributed by atoms with Gasteiger partial charge in [-0.3, -0.25) is 4.79 Å². The Kier molecular flexibility index (Phi) is 4.53. The molecule has 1 heterocycles. The number of anilines is 1. The zero-order valence-corrected chi connectivity index (χ0v) is 11.4. The number of halogens is 1. The molecule has 0 fully saturated rings. The van der Waals surface area contributed by atoms with E-state index in [1.807, 2.05) is 25.1 Å². The van der Waals surface area contributed by atoms with E-state index < -0.39 is 0 Å². The Hall–Kier alpha value is -1.87. The number of rotatable bonds is 4. The number of aromatic nitrogens is 1. The Balaban J connectivity index is 1.88. The Morgan fingerprint density at radius 3 is 2.89 bits per heavy atom. The predicted molar refractivity (Wildman–Crippen MR) is 77.4 cm³/mol. The van der Waals surface area contributed by atoms with E-state index in [-0.39, 0.29) is 5.91 Å². The lowest BCUT2D eigenvalue weighted by Crippen LogP contribution is -2.13. The fourth-order valence-corrected chi connectivity index (χ4v) is 1.96. The maximum Gasteiger partial charge on any atom is 0.225 e. The molecule has 0 saturated carbocycles. The molecule has 3 nitrogen and oxygen atoms in total. The number of nitrogens with zero attached hydrogens (tertiary/aromatic N) is 1. The summed E-state index contributed by atoms with van der Waals surface area (Å²) in [7, 11) is 0. The number of carbonyl (C=O) groups is 1. The van der Waals surface area contributed by atoms with E-state index >= 15 is 0 Å². The molecule has 0 radical (unpaired) electrons. The average Bonchev–Trinajstić information content (AvgIpc) is 2.36. The van der Waals surface area contributed by atoms with Crippen molar-refractivity contribution in [1.82, 2.24) is 4.98 Å². The van der Waals surface area contributed by atoms with Gasteiger partial charge in [-0.05, 0) is 31.0 Å². The van der Waals surface area contributed by atoms with E-state index in [0.29, 0.717) is 23.7 Å². The normalized spacial score (nSPS) is 10.2. The number of carbonyl (C=O) groups excluding carboxylic acids is 1. The van der Waals surface area contributed by atoms with Crippen molar-refractivity contribution in [1.29, 1.82) is 0 Å². The van der Waals surface area contributed by atoms with Crippen molar-refractivity contribution >= 4 is 23.3 Å². The number of hydrogen-bond acceptors (Lipinski definition) is 2. The number of nitrogens with one attached hydrogen (secondary N) is 1. The molecule has 4 heteroatoms. The van der Waals surface area contributed by atoms with Gasteiger partial charge in [0.2, 0.25) is 5.91 Å². The minimum absolute atomic E-state index is 0.0590. The summed E-state index contributed by atoms with van der Waals surface area (Å²) in [6, 6.07) is 11.5. The summed E-state index contributed by atoms with van der Waals surface area (Å²) < 4.78 is 0. The molecule has 0 aliphatic heterocycles. The molecule has 0 aliphatic carbocycles. The van der Waals surface area contributed by atoms with Crippen LogP contribution in [-0.2, 0) is 11.2 Å². The zero-order chi connectivity index (χ0) is 13.7. The van der Waals surface area contributed by atoms with Crippen LogP contribution in [0, 0.1) is 6.92 Å². The Morgan fingerprint density at radius 1 is 1.32 bits per heavy atom. The molecule has 1 aromatic carbocycles. The largest absolute Gasteiger partial charge is 0.311 e. The third-order valence-corrected chi connectivity index (χ3v) is 2.95. The van der Waals surface area contributed by atoms with Gasteiger partial charge in [-0.1, -0.05) is 41.4 Å². The van der Waals surface area contributed by atoms with Crippen LogP contribution in [0.2, 0.25) is 5.02 Å². The summed E-state index contributed by atoms with van der Waals surface area (Å²) in [6.45, 7) is 2.04. The maximum absolute atomic E-state index is 11.8. The lowest BCUT2D eigenvalue weighted by molar-refractivity contribution is -0.116. The molecule has 0 unspecified atom stereocenters. The lowest BCUT2D eigenvalue weighted by Gasteiger charge is -2.05. The van der Waals surface area contributed by atoms with E-state index in [9.17, 15) is 4.79 Å². The van der Waals surface area contributed by atoms with E-state index in [4.69, 9.17) is 11.6 Å². The second-order valence-corrected chi connectivity index (χ2v) is 4.83. The highest BCUT2D eigenvalue weighted by molar-refractivity contribution is 6.30. The standard InChI is InChI=1S/C15H15ClN2O/c1-11-3-2-4-12(9-11)5-6-15(19)18-14-10-13(16)7-8-17-14/h2-4,7-10H,5-6H2,1H3,(H,17,18,19). The van der Waals surface area contributed by atoms with Crippen LogP contribution in [0.3, 0.4) is 0 Å². The van der Waals surface area contributed by atoms with Crippen LogP contribution < -0.4 is 5.32 Å².